The summed E-state index contributed by atoms with van der Waals surface area (Å²) < 4.78 is 23.6. The van der Waals surface area contributed by atoms with E-state index in [1.807, 2.05) is 13.8 Å². The van der Waals surface area contributed by atoms with Crippen LogP contribution in [0, 0.1) is 11.8 Å². The molecule has 8 nitrogen and oxygen atoms in total. The van der Waals surface area contributed by atoms with Gasteiger partial charge in [0.15, 0.2) is 6.29 Å². The number of allylic oxidation sites excluding steroid dienone is 2. The zero-order valence-corrected chi connectivity index (χ0v) is 17.9. The second-order valence-electron chi connectivity index (χ2n) is 9.24. The fraction of sp³-hybridized carbons (Fsp3) is 0.905. The molecule has 1 saturated heterocycles. The third-order valence-electron chi connectivity index (χ3n) is 6.20. The number of hydrogen-bond acceptors (Lipinski definition) is 8. The average Bonchev–Trinajstić information content (AvgIpc) is 2.64. The number of nitrogens with two attached hydrogens (primary N) is 1. The van der Waals surface area contributed by atoms with E-state index >= 15 is 0 Å². The SMILES string of the molecule is CCC1=CCC(C)C(OC2C(C)CC(N)C(OC3OCC(C)(O)CC3O)C2O)O1. The van der Waals surface area contributed by atoms with Gasteiger partial charge in [0.05, 0.1) is 24.1 Å². The Morgan fingerprint density at radius 1 is 1.17 bits per heavy atom. The molecule has 10 unspecified atom stereocenters. The van der Waals surface area contributed by atoms with Crippen LogP contribution in [0.15, 0.2) is 11.8 Å². The molecule has 1 aliphatic carbocycles. The molecule has 2 aliphatic heterocycles. The van der Waals surface area contributed by atoms with Crippen LogP contribution in [0.5, 0.6) is 0 Å². The maximum Gasteiger partial charge on any atom is 0.202 e. The van der Waals surface area contributed by atoms with Crippen molar-refractivity contribution in [1.82, 2.24) is 0 Å². The maximum absolute atomic E-state index is 11.0. The quantitative estimate of drug-likeness (QED) is 0.525. The number of rotatable bonds is 5. The summed E-state index contributed by atoms with van der Waals surface area (Å²) in [6, 6.07) is -0.422. The van der Waals surface area contributed by atoms with Crippen molar-refractivity contribution in [3.05, 3.63) is 11.8 Å². The van der Waals surface area contributed by atoms with Crippen molar-refractivity contribution in [2.75, 3.05) is 6.61 Å². The van der Waals surface area contributed by atoms with Gasteiger partial charge in [0.2, 0.25) is 6.29 Å². The van der Waals surface area contributed by atoms with Crippen LogP contribution in [0.3, 0.4) is 0 Å². The van der Waals surface area contributed by atoms with E-state index in [1.165, 1.54) is 0 Å². The van der Waals surface area contributed by atoms with Crippen LogP contribution in [-0.2, 0) is 18.9 Å². The van der Waals surface area contributed by atoms with Crippen LogP contribution < -0.4 is 5.73 Å². The highest BCUT2D eigenvalue weighted by Crippen LogP contribution is 2.35. The summed E-state index contributed by atoms with van der Waals surface area (Å²) in [7, 11) is 0. The smallest absolute Gasteiger partial charge is 0.202 e. The fourth-order valence-corrected chi connectivity index (χ4v) is 4.42. The molecular weight excluding hydrogens is 378 g/mol. The van der Waals surface area contributed by atoms with Gasteiger partial charge in [0.25, 0.3) is 0 Å². The highest BCUT2D eigenvalue weighted by molar-refractivity contribution is 5.00. The summed E-state index contributed by atoms with van der Waals surface area (Å²) >= 11 is 0. The molecule has 0 amide bonds. The van der Waals surface area contributed by atoms with E-state index in [2.05, 4.69) is 13.0 Å². The summed E-state index contributed by atoms with van der Waals surface area (Å²) in [5.74, 6) is 1.09. The van der Waals surface area contributed by atoms with Gasteiger partial charge in [-0.25, -0.2) is 0 Å². The molecule has 0 bridgehead atoms. The molecule has 0 aromatic rings. The van der Waals surface area contributed by atoms with E-state index in [9.17, 15) is 15.3 Å². The lowest BCUT2D eigenvalue weighted by atomic mass is 9.80. The molecule has 29 heavy (non-hydrogen) atoms. The number of aliphatic hydroxyl groups excluding tert-OH is 2. The van der Waals surface area contributed by atoms with Crippen molar-refractivity contribution in [3.8, 4) is 0 Å². The molecule has 10 atom stereocenters. The summed E-state index contributed by atoms with van der Waals surface area (Å²) in [4.78, 5) is 0. The van der Waals surface area contributed by atoms with Gasteiger partial charge in [-0.15, -0.1) is 0 Å². The van der Waals surface area contributed by atoms with Crippen molar-refractivity contribution in [1.29, 1.82) is 0 Å². The highest BCUT2D eigenvalue weighted by atomic mass is 16.7. The Bertz CT molecular complexity index is 583. The van der Waals surface area contributed by atoms with Gasteiger partial charge < -0.3 is 40.0 Å². The Morgan fingerprint density at radius 2 is 1.86 bits per heavy atom. The van der Waals surface area contributed by atoms with Gasteiger partial charge >= 0.3 is 0 Å². The van der Waals surface area contributed by atoms with Crippen molar-refractivity contribution >= 4 is 0 Å². The third kappa shape index (κ3) is 5.31. The molecule has 2 heterocycles. The van der Waals surface area contributed by atoms with Gasteiger partial charge in [-0.1, -0.05) is 20.8 Å². The van der Waals surface area contributed by atoms with E-state index in [-0.39, 0.29) is 24.9 Å². The zero-order valence-electron chi connectivity index (χ0n) is 17.9. The molecule has 0 radical (unpaired) electrons. The molecule has 3 rings (SSSR count). The summed E-state index contributed by atoms with van der Waals surface area (Å²) in [6.07, 6.45) is -0.145. The van der Waals surface area contributed by atoms with Gasteiger partial charge in [0.1, 0.15) is 18.3 Å². The fourth-order valence-electron chi connectivity index (χ4n) is 4.42. The van der Waals surface area contributed by atoms with Crippen LogP contribution in [0.25, 0.3) is 0 Å². The van der Waals surface area contributed by atoms with Crippen LogP contribution in [0.2, 0.25) is 0 Å². The molecule has 0 spiro atoms. The lowest BCUT2D eigenvalue weighted by molar-refractivity contribution is -0.300. The number of aliphatic hydroxyl groups is 3. The summed E-state index contributed by atoms with van der Waals surface area (Å²) in [5, 5.41) is 31.4. The Hall–Kier alpha value is -0.740. The van der Waals surface area contributed by atoms with E-state index in [0.717, 1.165) is 18.6 Å². The summed E-state index contributed by atoms with van der Waals surface area (Å²) in [6.45, 7) is 7.74. The monoisotopic (exact) mass is 415 g/mol. The van der Waals surface area contributed by atoms with E-state index in [4.69, 9.17) is 24.7 Å². The lowest BCUT2D eigenvalue weighted by Gasteiger charge is -2.46. The topological polar surface area (TPSA) is 124 Å². The first-order valence-corrected chi connectivity index (χ1v) is 10.7. The van der Waals surface area contributed by atoms with Crippen LogP contribution in [0.1, 0.15) is 53.4 Å². The Morgan fingerprint density at radius 3 is 2.52 bits per heavy atom. The Labute approximate surface area is 173 Å². The van der Waals surface area contributed by atoms with Gasteiger partial charge in [-0.3, -0.25) is 0 Å². The van der Waals surface area contributed by atoms with Crippen molar-refractivity contribution in [3.63, 3.8) is 0 Å². The first kappa shape index (κ1) is 22.9. The predicted molar refractivity (Wildman–Crippen MR) is 106 cm³/mol. The maximum atomic E-state index is 11.0. The number of ether oxygens (including phenoxy) is 4. The molecule has 0 aromatic heterocycles. The molecule has 0 aromatic carbocycles. The molecule has 8 heteroatoms. The van der Waals surface area contributed by atoms with Gasteiger partial charge in [-0.05, 0) is 31.8 Å². The van der Waals surface area contributed by atoms with Crippen molar-refractivity contribution in [2.45, 2.75) is 102 Å². The van der Waals surface area contributed by atoms with Gasteiger partial charge in [0, 0.05) is 24.8 Å². The minimum Gasteiger partial charge on any atom is -0.469 e. The second kappa shape index (κ2) is 9.18. The highest BCUT2D eigenvalue weighted by Gasteiger charge is 2.47. The molecule has 168 valence electrons. The normalized spacial score (nSPS) is 48.7. The average molecular weight is 416 g/mol. The second-order valence-corrected chi connectivity index (χ2v) is 9.24. The molecule has 3 aliphatic rings. The van der Waals surface area contributed by atoms with E-state index < -0.39 is 48.6 Å². The minimum absolute atomic E-state index is 0.0181. The zero-order chi connectivity index (χ0) is 21.3. The van der Waals surface area contributed by atoms with Crippen LogP contribution in [-0.4, -0.2) is 70.6 Å². The van der Waals surface area contributed by atoms with Crippen molar-refractivity contribution in [2.24, 2.45) is 17.6 Å². The van der Waals surface area contributed by atoms with E-state index in [1.54, 1.807) is 6.92 Å². The molecule has 2 fully saturated rings. The minimum atomic E-state index is -1.11. The van der Waals surface area contributed by atoms with Crippen molar-refractivity contribution < 1.29 is 34.3 Å². The predicted octanol–water partition coefficient (Wildman–Crippen LogP) is 1.02. The third-order valence-corrected chi connectivity index (χ3v) is 6.20. The largest absolute Gasteiger partial charge is 0.469 e. The van der Waals surface area contributed by atoms with Gasteiger partial charge in [-0.2, -0.15) is 0 Å². The first-order chi connectivity index (χ1) is 13.6. The van der Waals surface area contributed by atoms with Crippen LogP contribution in [0.4, 0.5) is 0 Å². The molecule has 1 saturated carbocycles. The van der Waals surface area contributed by atoms with E-state index in [0.29, 0.717) is 6.42 Å². The lowest BCUT2D eigenvalue weighted by Crippen LogP contribution is -2.61. The summed E-state index contributed by atoms with van der Waals surface area (Å²) in [5.41, 5.74) is 5.17. The van der Waals surface area contributed by atoms with Crippen LogP contribution >= 0.6 is 0 Å². The first-order valence-electron chi connectivity index (χ1n) is 10.7. The standard InChI is InChI=1S/C21H37NO7/c1-5-13-7-6-11(2)19(27-13)28-17-12(3)8-14(22)18(16(17)24)29-20-15(23)9-21(4,25)10-26-20/h7,11-12,14-20,23-25H,5-6,8-10,22H2,1-4H3. The molecular formula is C21H37NO7. The Balaban J connectivity index is 1.66. The Kier molecular flexibility index (Phi) is 7.26. The molecule has 5 N–H and O–H groups in total. The number of hydrogen-bond donors (Lipinski definition) is 4.